The monoisotopic (exact) mass is 630 g/mol. The Hall–Kier alpha value is -3.79. The fourth-order valence-electron chi connectivity index (χ4n) is 6.65. The van der Waals surface area contributed by atoms with Crippen LogP contribution in [0, 0.1) is 12.7 Å². The van der Waals surface area contributed by atoms with Gasteiger partial charge in [0.25, 0.3) is 0 Å². The van der Waals surface area contributed by atoms with E-state index < -0.39 is 5.54 Å². The first-order chi connectivity index (χ1) is 22.3. The number of carbonyl (C=O) groups is 1. The van der Waals surface area contributed by atoms with Gasteiger partial charge >= 0.3 is 0 Å². The van der Waals surface area contributed by atoms with E-state index in [0.717, 1.165) is 66.4 Å². The number of nitrogens with one attached hydrogen (secondary N) is 1. The fourth-order valence-corrected chi connectivity index (χ4v) is 6.65. The summed E-state index contributed by atoms with van der Waals surface area (Å²) in [4.78, 5) is 19.8. The standard InChI is InChI=1S/C37H47FN4O4/c1-26-31-10-5-11-32(38)36(31)42(20-7-21-46-3)35(26)30-9-6-19-41(23-30)34(45)12-4-8-27-13-15-28(16-14-27)29-17-18-33(39-22-29)40-37(2,24-43)25-44/h5,10-11,13-18,22,30,43-44H,4,6-9,12,19-21,23-25H2,1-3H3,(H,39,40). The molecule has 8 nitrogen and oxygen atoms in total. The van der Waals surface area contributed by atoms with Crippen molar-refractivity contribution >= 4 is 22.6 Å². The second-order valence-electron chi connectivity index (χ2n) is 12.8. The number of rotatable bonds is 14. The average molecular weight is 631 g/mol. The van der Waals surface area contributed by atoms with Crippen LogP contribution in [0.15, 0.2) is 60.8 Å². The molecular formula is C37H47FN4O4. The molecule has 2 aromatic heterocycles. The molecule has 0 bridgehead atoms. The summed E-state index contributed by atoms with van der Waals surface area (Å²) in [5.41, 5.74) is 5.29. The molecule has 46 heavy (non-hydrogen) atoms. The van der Waals surface area contributed by atoms with Crippen molar-refractivity contribution in [2.24, 2.45) is 0 Å². The number of nitrogens with zero attached hydrogens (tertiary/aromatic N) is 3. The first-order valence-electron chi connectivity index (χ1n) is 16.4. The van der Waals surface area contributed by atoms with E-state index in [1.807, 2.05) is 23.1 Å². The maximum atomic E-state index is 15.1. The number of benzene rings is 2. The van der Waals surface area contributed by atoms with Gasteiger partial charge in [-0.05, 0) is 80.8 Å². The van der Waals surface area contributed by atoms with Crippen molar-refractivity contribution in [2.75, 3.05) is 45.3 Å². The summed E-state index contributed by atoms with van der Waals surface area (Å²) in [5.74, 6) is 0.746. The number of pyridine rings is 1. The van der Waals surface area contributed by atoms with Crippen LogP contribution in [0.2, 0.25) is 0 Å². The molecule has 1 amide bonds. The molecule has 3 heterocycles. The van der Waals surface area contributed by atoms with Gasteiger partial charge in [0.1, 0.15) is 11.6 Å². The van der Waals surface area contributed by atoms with Crippen LogP contribution in [0.25, 0.3) is 22.0 Å². The highest BCUT2D eigenvalue weighted by molar-refractivity contribution is 5.86. The normalized spacial score (nSPS) is 15.4. The smallest absolute Gasteiger partial charge is 0.222 e. The van der Waals surface area contributed by atoms with E-state index in [2.05, 4.69) is 46.1 Å². The fraction of sp³-hybridized carbons (Fsp3) is 0.459. The molecule has 0 aliphatic carbocycles. The zero-order valence-corrected chi connectivity index (χ0v) is 27.3. The largest absolute Gasteiger partial charge is 0.394 e. The van der Waals surface area contributed by atoms with E-state index in [1.165, 1.54) is 11.6 Å². The number of para-hydroxylation sites is 1. The number of likely N-dealkylation sites (tertiary alicyclic amines) is 1. The van der Waals surface area contributed by atoms with E-state index in [1.54, 1.807) is 26.3 Å². The van der Waals surface area contributed by atoms with Crippen molar-refractivity contribution in [2.45, 2.75) is 70.4 Å². The van der Waals surface area contributed by atoms with Crippen molar-refractivity contribution in [3.05, 3.63) is 83.4 Å². The molecular weight excluding hydrogens is 583 g/mol. The molecule has 1 aliphatic rings. The Morgan fingerprint density at radius 3 is 2.54 bits per heavy atom. The number of fused-ring (bicyclic) bond motifs is 1. The van der Waals surface area contributed by atoms with E-state index in [9.17, 15) is 15.0 Å². The van der Waals surface area contributed by atoms with Crippen LogP contribution in [0.1, 0.15) is 61.8 Å². The number of halogens is 1. The molecule has 1 atom stereocenters. The number of amides is 1. The van der Waals surface area contributed by atoms with Gasteiger partial charge in [-0.2, -0.15) is 0 Å². The van der Waals surface area contributed by atoms with Crippen LogP contribution in [0.4, 0.5) is 10.2 Å². The van der Waals surface area contributed by atoms with Gasteiger partial charge in [0.2, 0.25) is 5.91 Å². The Labute approximate surface area is 271 Å². The predicted octanol–water partition coefficient (Wildman–Crippen LogP) is 6.07. The maximum Gasteiger partial charge on any atom is 0.222 e. The summed E-state index contributed by atoms with van der Waals surface area (Å²) < 4.78 is 22.5. The number of ether oxygens (including phenoxy) is 1. The van der Waals surface area contributed by atoms with E-state index in [4.69, 9.17) is 4.74 Å². The van der Waals surface area contributed by atoms with Crippen molar-refractivity contribution in [1.82, 2.24) is 14.5 Å². The third kappa shape index (κ3) is 7.60. The molecule has 1 fully saturated rings. The summed E-state index contributed by atoms with van der Waals surface area (Å²) in [6.07, 6.45) is 6.58. The molecule has 1 aliphatic heterocycles. The molecule has 3 N–H and O–H groups in total. The number of aryl methyl sites for hydroxylation is 3. The van der Waals surface area contributed by atoms with E-state index in [-0.39, 0.29) is 30.9 Å². The summed E-state index contributed by atoms with van der Waals surface area (Å²) in [6.45, 7) is 6.14. The Balaban J connectivity index is 1.17. The quantitative estimate of drug-likeness (QED) is 0.146. The van der Waals surface area contributed by atoms with E-state index in [0.29, 0.717) is 37.5 Å². The number of anilines is 1. The molecule has 0 spiro atoms. The zero-order chi connectivity index (χ0) is 32.7. The Bertz CT molecular complexity index is 1600. The molecule has 246 valence electrons. The van der Waals surface area contributed by atoms with Crippen LogP contribution < -0.4 is 5.32 Å². The Morgan fingerprint density at radius 1 is 1.09 bits per heavy atom. The van der Waals surface area contributed by atoms with Crippen molar-refractivity contribution < 1.29 is 24.1 Å². The number of hydrogen-bond donors (Lipinski definition) is 3. The van der Waals surface area contributed by atoms with Crippen LogP contribution in [-0.2, 0) is 22.5 Å². The van der Waals surface area contributed by atoms with Crippen LogP contribution in [0.5, 0.6) is 0 Å². The number of hydrogen-bond acceptors (Lipinski definition) is 6. The molecule has 1 saturated heterocycles. The van der Waals surface area contributed by atoms with Crippen LogP contribution in [0.3, 0.4) is 0 Å². The van der Waals surface area contributed by atoms with Crippen molar-refractivity contribution in [3.63, 3.8) is 0 Å². The van der Waals surface area contributed by atoms with Gasteiger partial charge in [-0.1, -0.05) is 36.4 Å². The minimum atomic E-state index is -0.835. The average Bonchev–Trinajstić information content (AvgIpc) is 3.37. The van der Waals surface area contributed by atoms with Crippen molar-refractivity contribution in [1.29, 1.82) is 0 Å². The second kappa shape index (κ2) is 15.2. The lowest BCUT2D eigenvalue weighted by Gasteiger charge is -2.34. The number of aliphatic hydroxyl groups is 2. The lowest BCUT2D eigenvalue weighted by atomic mass is 9.91. The van der Waals surface area contributed by atoms with Crippen molar-refractivity contribution in [3.8, 4) is 11.1 Å². The second-order valence-corrected chi connectivity index (χ2v) is 12.8. The topological polar surface area (TPSA) is 99.9 Å². The van der Waals surface area contributed by atoms with Gasteiger partial charge in [0, 0.05) is 68.5 Å². The summed E-state index contributed by atoms with van der Waals surface area (Å²) in [5, 5.41) is 23.0. The minimum Gasteiger partial charge on any atom is -0.394 e. The highest BCUT2D eigenvalue weighted by Gasteiger charge is 2.30. The first kappa shape index (κ1) is 33.6. The maximum absolute atomic E-state index is 15.1. The molecule has 0 saturated carbocycles. The van der Waals surface area contributed by atoms with Gasteiger partial charge in [-0.3, -0.25) is 4.79 Å². The van der Waals surface area contributed by atoms with Crippen LogP contribution in [-0.4, -0.2) is 76.1 Å². The third-order valence-electron chi connectivity index (χ3n) is 9.26. The number of methoxy groups -OCH3 is 1. The Kier molecular flexibility index (Phi) is 11.1. The molecule has 1 unspecified atom stereocenters. The highest BCUT2D eigenvalue weighted by atomic mass is 19.1. The van der Waals surface area contributed by atoms with E-state index >= 15 is 4.39 Å². The summed E-state index contributed by atoms with van der Waals surface area (Å²) >= 11 is 0. The van der Waals surface area contributed by atoms with Gasteiger partial charge < -0.3 is 29.7 Å². The third-order valence-corrected chi connectivity index (χ3v) is 9.26. The SMILES string of the molecule is COCCCn1c(C2CCCN(C(=O)CCCc3ccc(-c4ccc(NC(C)(CO)CO)nc4)cc3)C2)c(C)c2cccc(F)c21. The number of piperidine rings is 1. The minimum absolute atomic E-state index is 0.174. The molecule has 4 aromatic rings. The van der Waals surface area contributed by atoms with Gasteiger partial charge in [0.15, 0.2) is 0 Å². The number of carbonyl (C=O) groups excluding carboxylic acids is 1. The number of aliphatic hydroxyl groups excluding tert-OH is 2. The molecule has 2 aromatic carbocycles. The predicted molar refractivity (Wildman–Crippen MR) is 180 cm³/mol. The van der Waals surface area contributed by atoms with Crippen LogP contribution >= 0.6 is 0 Å². The summed E-state index contributed by atoms with van der Waals surface area (Å²) in [7, 11) is 1.69. The molecule has 0 radical (unpaired) electrons. The first-order valence-corrected chi connectivity index (χ1v) is 16.4. The number of aromatic nitrogens is 2. The molecule has 9 heteroatoms. The lowest BCUT2D eigenvalue weighted by molar-refractivity contribution is -0.132. The lowest BCUT2D eigenvalue weighted by Crippen LogP contribution is -2.42. The van der Waals surface area contributed by atoms with Gasteiger partial charge in [-0.25, -0.2) is 9.37 Å². The Morgan fingerprint density at radius 2 is 1.85 bits per heavy atom. The zero-order valence-electron chi connectivity index (χ0n) is 27.3. The van der Waals surface area contributed by atoms with Gasteiger partial charge in [0.05, 0.1) is 24.3 Å². The molecule has 5 rings (SSSR count). The highest BCUT2D eigenvalue weighted by Crippen LogP contribution is 2.37. The summed E-state index contributed by atoms with van der Waals surface area (Å²) in [6, 6.07) is 17.4. The van der Waals surface area contributed by atoms with Gasteiger partial charge in [-0.15, -0.1) is 0 Å².